The van der Waals surface area contributed by atoms with Gasteiger partial charge in [-0.15, -0.1) is 0 Å². The van der Waals surface area contributed by atoms with Crippen molar-refractivity contribution in [3.63, 3.8) is 0 Å². The number of fused-ring (bicyclic) bond motifs is 1. The molecule has 1 aromatic carbocycles. The Balaban J connectivity index is 2.78. The zero-order valence-corrected chi connectivity index (χ0v) is 8.02. The van der Waals surface area contributed by atoms with Crippen molar-refractivity contribution in [2.24, 2.45) is 0 Å². The topological polar surface area (TPSA) is 28.7 Å². The first-order chi connectivity index (χ1) is 7.04. The van der Waals surface area contributed by atoms with Crippen molar-refractivity contribution in [1.82, 2.24) is 10.2 Å². The zero-order chi connectivity index (χ0) is 11.1. The van der Waals surface area contributed by atoms with E-state index in [1.54, 1.807) is 13.0 Å². The van der Waals surface area contributed by atoms with Gasteiger partial charge in [-0.3, -0.25) is 5.10 Å². The van der Waals surface area contributed by atoms with Crippen LogP contribution in [0.1, 0.15) is 18.2 Å². The lowest BCUT2D eigenvalue weighted by Gasteiger charge is -2.08. The van der Waals surface area contributed by atoms with Crippen molar-refractivity contribution in [2.45, 2.75) is 19.5 Å². The van der Waals surface area contributed by atoms with Gasteiger partial charge in [0.05, 0.1) is 11.1 Å². The van der Waals surface area contributed by atoms with Gasteiger partial charge in [0.1, 0.15) is 0 Å². The minimum atomic E-state index is -4.33. The number of aryl methyl sites for hydroxylation is 1. The molecule has 1 heterocycles. The number of hydrogen-bond acceptors (Lipinski definition) is 1. The van der Waals surface area contributed by atoms with Crippen LogP contribution < -0.4 is 0 Å². The second-order valence-electron chi connectivity index (χ2n) is 3.25. The van der Waals surface area contributed by atoms with Gasteiger partial charge in [0.2, 0.25) is 0 Å². The van der Waals surface area contributed by atoms with Crippen LogP contribution >= 0.6 is 0 Å². The Morgan fingerprint density at radius 3 is 2.67 bits per heavy atom. The molecule has 80 valence electrons. The second-order valence-corrected chi connectivity index (χ2v) is 3.25. The van der Waals surface area contributed by atoms with Crippen molar-refractivity contribution in [3.05, 3.63) is 29.5 Å². The maximum absolute atomic E-state index is 12.7. The van der Waals surface area contributed by atoms with E-state index in [0.29, 0.717) is 17.6 Å². The second kappa shape index (κ2) is 3.25. The van der Waals surface area contributed by atoms with Crippen LogP contribution in [0, 0.1) is 0 Å². The molecule has 0 unspecified atom stereocenters. The summed E-state index contributed by atoms with van der Waals surface area (Å²) in [4.78, 5) is 0. The van der Waals surface area contributed by atoms with Crippen LogP contribution in [-0.4, -0.2) is 10.2 Å². The molecule has 5 heteroatoms. The average Bonchev–Trinajstić information content (AvgIpc) is 2.58. The van der Waals surface area contributed by atoms with Gasteiger partial charge in [-0.2, -0.15) is 18.3 Å². The maximum Gasteiger partial charge on any atom is 0.417 e. The lowest BCUT2D eigenvalue weighted by Crippen LogP contribution is -2.05. The third-order valence-electron chi connectivity index (χ3n) is 2.31. The molecular weight excluding hydrogens is 205 g/mol. The van der Waals surface area contributed by atoms with Gasteiger partial charge in [0, 0.05) is 11.1 Å². The highest BCUT2D eigenvalue weighted by molar-refractivity contribution is 5.85. The molecule has 0 saturated heterocycles. The van der Waals surface area contributed by atoms with Crippen LogP contribution in [0.25, 0.3) is 10.9 Å². The van der Waals surface area contributed by atoms with Crippen LogP contribution in [0.2, 0.25) is 0 Å². The first kappa shape index (κ1) is 10.0. The monoisotopic (exact) mass is 214 g/mol. The summed E-state index contributed by atoms with van der Waals surface area (Å²) in [6, 6.07) is 4.02. The Hall–Kier alpha value is -1.52. The van der Waals surface area contributed by atoms with Crippen molar-refractivity contribution < 1.29 is 13.2 Å². The summed E-state index contributed by atoms with van der Waals surface area (Å²) in [6.07, 6.45) is -3.82. The van der Waals surface area contributed by atoms with Crippen molar-refractivity contribution in [2.75, 3.05) is 0 Å². The fourth-order valence-electron chi connectivity index (χ4n) is 1.63. The SMILES string of the molecule is CCc1[nH]nc2cccc(C(F)(F)F)c12. The number of aromatic nitrogens is 2. The predicted molar refractivity (Wildman–Crippen MR) is 50.5 cm³/mol. The van der Waals surface area contributed by atoms with E-state index in [4.69, 9.17) is 0 Å². The molecule has 2 aromatic rings. The minimum absolute atomic E-state index is 0.188. The normalized spacial score (nSPS) is 12.3. The van der Waals surface area contributed by atoms with E-state index in [2.05, 4.69) is 10.2 Å². The quantitative estimate of drug-likeness (QED) is 0.776. The van der Waals surface area contributed by atoms with E-state index in [1.165, 1.54) is 6.07 Å². The summed E-state index contributed by atoms with van der Waals surface area (Å²) < 4.78 is 38.0. The number of nitrogens with zero attached hydrogens (tertiary/aromatic N) is 1. The largest absolute Gasteiger partial charge is 0.417 e. The van der Waals surface area contributed by atoms with Crippen molar-refractivity contribution >= 4 is 10.9 Å². The molecular formula is C10H9F3N2. The molecule has 0 bridgehead atoms. The summed E-state index contributed by atoms with van der Waals surface area (Å²) >= 11 is 0. The fraction of sp³-hybridized carbons (Fsp3) is 0.300. The Labute approximate surface area is 84.1 Å². The molecule has 0 fully saturated rings. The van der Waals surface area contributed by atoms with Crippen LogP contribution in [0.3, 0.4) is 0 Å². The summed E-state index contributed by atoms with van der Waals surface area (Å²) in [5.74, 6) is 0. The van der Waals surface area contributed by atoms with E-state index in [1.807, 2.05) is 0 Å². The Morgan fingerprint density at radius 2 is 2.07 bits per heavy atom. The average molecular weight is 214 g/mol. The van der Waals surface area contributed by atoms with E-state index in [0.717, 1.165) is 6.07 Å². The molecule has 0 spiro atoms. The molecule has 1 N–H and O–H groups in total. The molecule has 0 aliphatic heterocycles. The van der Waals surface area contributed by atoms with Crippen molar-refractivity contribution in [1.29, 1.82) is 0 Å². The third-order valence-corrected chi connectivity index (χ3v) is 2.31. The summed E-state index contributed by atoms with van der Waals surface area (Å²) in [6.45, 7) is 1.79. The number of benzene rings is 1. The number of aromatic amines is 1. The van der Waals surface area contributed by atoms with Gasteiger partial charge in [0.25, 0.3) is 0 Å². The number of rotatable bonds is 1. The summed E-state index contributed by atoms with van der Waals surface area (Å²) in [7, 11) is 0. The minimum Gasteiger partial charge on any atom is -0.281 e. The van der Waals surface area contributed by atoms with Crippen LogP contribution in [0.15, 0.2) is 18.2 Å². The number of H-pyrrole nitrogens is 1. The highest BCUT2D eigenvalue weighted by Gasteiger charge is 2.33. The van der Waals surface area contributed by atoms with Gasteiger partial charge in [-0.25, -0.2) is 0 Å². The van der Waals surface area contributed by atoms with Crippen molar-refractivity contribution in [3.8, 4) is 0 Å². The summed E-state index contributed by atoms with van der Waals surface area (Å²) in [5, 5.41) is 6.65. The number of alkyl halides is 3. The standard InChI is InChI=1S/C10H9F3N2/c1-2-7-9-6(10(11,12)13)4-3-5-8(9)15-14-7/h3-5H,2H2,1H3,(H,14,15). The first-order valence-electron chi connectivity index (χ1n) is 4.57. The smallest absolute Gasteiger partial charge is 0.281 e. The molecule has 0 atom stereocenters. The van der Waals surface area contributed by atoms with E-state index < -0.39 is 11.7 Å². The molecule has 0 radical (unpaired) electrons. The molecule has 0 aliphatic carbocycles. The number of halogens is 3. The zero-order valence-electron chi connectivity index (χ0n) is 8.02. The van der Waals surface area contributed by atoms with Crippen LogP contribution in [0.5, 0.6) is 0 Å². The lowest BCUT2D eigenvalue weighted by molar-refractivity contribution is -0.136. The van der Waals surface area contributed by atoms with Gasteiger partial charge in [-0.05, 0) is 18.6 Å². The molecule has 0 aliphatic rings. The fourth-order valence-corrected chi connectivity index (χ4v) is 1.63. The summed E-state index contributed by atoms with van der Waals surface area (Å²) in [5.41, 5.74) is 0.269. The Morgan fingerprint density at radius 1 is 1.33 bits per heavy atom. The van der Waals surface area contributed by atoms with E-state index in [9.17, 15) is 13.2 Å². The highest BCUT2D eigenvalue weighted by atomic mass is 19.4. The molecule has 2 rings (SSSR count). The van der Waals surface area contributed by atoms with Gasteiger partial charge in [0.15, 0.2) is 0 Å². The van der Waals surface area contributed by atoms with Crippen LogP contribution in [0.4, 0.5) is 13.2 Å². The molecule has 1 aromatic heterocycles. The van der Waals surface area contributed by atoms with E-state index in [-0.39, 0.29) is 5.39 Å². The maximum atomic E-state index is 12.7. The number of hydrogen-bond donors (Lipinski definition) is 1. The predicted octanol–water partition coefficient (Wildman–Crippen LogP) is 3.14. The molecule has 15 heavy (non-hydrogen) atoms. The van der Waals surface area contributed by atoms with Gasteiger partial charge in [-0.1, -0.05) is 13.0 Å². The molecule has 0 saturated carbocycles. The first-order valence-corrected chi connectivity index (χ1v) is 4.57. The molecule has 2 nitrogen and oxygen atoms in total. The Kier molecular flexibility index (Phi) is 2.17. The third kappa shape index (κ3) is 1.58. The lowest BCUT2D eigenvalue weighted by atomic mass is 10.1. The molecule has 0 amide bonds. The van der Waals surface area contributed by atoms with Gasteiger partial charge < -0.3 is 0 Å². The van der Waals surface area contributed by atoms with Gasteiger partial charge >= 0.3 is 6.18 Å². The highest BCUT2D eigenvalue weighted by Crippen LogP contribution is 2.35. The van der Waals surface area contributed by atoms with Crippen LogP contribution in [-0.2, 0) is 12.6 Å². The Bertz CT molecular complexity index is 485. The van der Waals surface area contributed by atoms with E-state index >= 15 is 0 Å². The number of nitrogens with one attached hydrogen (secondary N) is 1.